The molecule has 7 heteroatoms. The molecule has 0 saturated carbocycles. The lowest BCUT2D eigenvalue weighted by Crippen LogP contribution is -2.62. The Morgan fingerprint density at radius 1 is 1.25 bits per heavy atom. The molecule has 1 aliphatic heterocycles. The van der Waals surface area contributed by atoms with E-state index in [1.54, 1.807) is 13.2 Å². The van der Waals surface area contributed by atoms with Crippen LogP contribution in [0, 0.1) is 0 Å². The van der Waals surface area contributed by atoms with Crippen molar-refractivity contribution in [3.63, 3.8) is 0 Å². The molecule has 0 bridgehead atoms. The van der Waals surface area contributed by atoms with Crippen molar-refractivity contribution in [3.8, 4) is 0 Å². The van der Waals surface area contributed by atoms with Crippen LogP contribution >= 0.6 is 23.4 Å². The van der Waals surface area contributed by atoms with Crippen LogP contribution in [0.4, 0.5) is 0 Å². The number of aliphatic hydroxyl groups is 3. The van der Waals surface area contributed by atoms with Gasteiger partial charge in [0.25, 0.3) is 0 Å². The molecule has 0 spiro atoms. The summed E-state index contributed by atoms with van der Waals surface area (Å²) in [6, 6.07) is -0.603. The summed E-state index contributed by atoms with van der Waals surface area (Å²) in [5.74, 6) is 0. The predicted octanol–water partition coefficient (Wildman–Crippen LogP) is -0.888. The van der Waals surface area contributed by atoms with Crippen molar-refractivity contribution >= 4 is 23.4 Å². The fraction of sp³-hybridized carbons (Fsp3) is 1.00. The molecule has 7 atom stereocenters. The molecule has 0 radical (unpaired) electrons. The first-order valence-corrected chi connectivity index (χ1v) is 6.74. The van der Waals surface area contributed by atoms with Gasteiger partial charge in [0.05, 0.1) is 0 Å². The van der Waals surface area contributed by atoms with E-state index >= 15 is 0 Å². The van der Waals surface area contributed by atoms with Gasteiger partial charge in [0, 0.05) is 11.4 Å². The molecular weight excluding hydrogens is 254 g/mol. The number of halogens is 1. The maximum atomic E-state index is 9.76. The maximum absolute atomic E-state index is 9.76. The van der Waals surface area contributed by atoms with Crippen molar-refractivity contribution in [1.29, 1.82) is 0 Å². The van der Waals surface area contributed by atoms with Gasteiger partial charge in [-0.05, 0) is 13.2 Å². The van der Waals surface area contributed by atoms with E-state index in [4.69, 9.17) is 22.1 Å². The standard InChI is InChI=1S/C9H18ClNO4S/c1-3(10)4(11)8-6(13)5(12)7(14)9(15-8)16-2/h3-9,12-14H,11H2,1-2H3/t3-,4?,5-,6+,7+,8+,9+/m0/s1. The summed E-state index contributed by atoms with van der Waals surface area (Å²) in [4.78, 5) is 0. The Bertz CT molecular complexity index is 232. The van der Waals surface area contributed by atoms with Gasteiger partial charge < -0.3 is 25.8 Å². The quantitative estimate of drug-likeness (QED) is 0.498. The van der Waals surface area contributed by atoms with E-state index in [1.807, 2.05) is 0 Å². The Morgan fingerprint density at radius 2 is 1.81 bits per heavy atom. The molecule has 1 unspecified atom stereocenters. The van der Waals surface area contributed by atoms with Gasteiger partial charge in [0.15, 0.2) is 0 Å². The van der Waals surface area contributed by atoms with E-state index in [1.165, 1.54) is 11.8 Å². The minimum absolute atomic E-state index is 0.399. The van der Waals surface area contributed by atoms with Crippen LogP contribution in [-0.2, 0) is 4.74 Å². The van der Waals surface area contributed by atoms with Gasteiger partial charge in [-0.25, -0.2) is 0 Å². The van der Waals surface area contributed by atoms with Crippen LogP contribution in [0.25, 0.3) is 0 Å². The smallest absolute Gasteiger partial charge is 0.132 e. The van der Waals surface area contributed by atoms with Crippen molar-refractivity contribution < 1.29 is 20.1 Å². The highest BCUT2D eigenvalue weighted by Crippen LogP contribution is 2.29. The van der Waals surface area contributed by atoms with Gasteiger partial charge in [0.2, 0.25) is 0 Å². The first kappa shape index (κ1) is 14.5. The predicted molar refractivity (Wildman–Crippen MR) is 63.5 cm³/mol. The van der Waals surface area contributed by atoms with E-state index in [9.17, 15) is 15.3 Å². The fourth-order valence-corrected chi connectivity index (χ4v) is 2.47. The van der Waals surface area contributed by atoms with Gasteiger partial charge in [0.1, 0.15) is 29.9 Å². The van der Waals surface area contributed by atoms with Crippen molar-refractivity contribution in [3.05, 3.63) is 0 Å². The van der Waals surface area contributed by atoms with Crippen LogP contribution in [0.15, 0.2) is 0 Å². The average molecular weight is 272 g/mol. The lowest BCUT2D eigenvalue weighted by Gasteiger charge is -2.42. The normalized spacial score (nSPS) is 44.1. The Hall–Kier alpha value is 0.440. The maximum Gasteiger partial charge on any atom is 0.132 e. The Balaban J connectivity index is 2.78. The second-order valence-corrected chi connectivity index (χ2v) is 5.56. The number of alkyl halides is 1. The fourth-order valence-electron chi connectivity index (χ4n) is 1.65. The van der Waals surface area contributed by atoms with Crippen LogP contribution in [0.2, 0.25) is 0 Å². The number of ether oxygens (including phenoxy) is 1. The topological polar surface area (TPSA) is 95.9 Å². The molecule has 5 N–H and O–H groups in total. The van der Waals surface area contributed by atoms with Crippen LogP contribution in [0.3, 0.4) is 0 Å². The van der Waals surface area contributed by atoms with Gasteiger partial charge in [-0.1, -0.05) is 0 Å². The number of hydrogen-bond donors (Lipinski definition) is 4. The van der Waals surface area contributed by atoms with Crippen LogP contribution < -0.4 is 5.73 Å². The second-order valence-electron chi connectivity index (χ2n) is 3.93. The molecule has 1 rings (SSSR count). The van der Waals surface area contributed by atoms with E-state index in [2.05, 4.69) is 0 Å². The first-order chi connectivity index (χ1) is 7.40. The van der Waals surface area contributed by atoms with E-state index in [0.717, 1.165) is 0 Å². The molecule has 5 nitrogen and oxygen atoms in total. The molecule has 0 aliphatic carbocycles. The summed E-state index contributed by atoms with van der Waals surface area (Å²) in [6.45, 7) is 1.69. The van der Waals surface area contributed by atoms with Gasteiger partial charge >= 0.3 is 0 Å². The Labute approximate surface area is 104 Å². The van der Waals surface area contributed by atoms with Gasteiger partial charge in [-0.3, -0.25) is 0 Å². The number of nitrogens with two attached hydrogens (primary N) is 1. The molecule has 1 fully saturated rings. The van der Waals surface area contributed by atoms with Gasteiger partial charge in [-0.2, -0.15) is 0 Å². The third kappa shape index (κ3) is 2.81. The Kier molecular flexibility index (Phi) is 5.31. The molecule has 1 aliphatic rings. The summed E-state index contributed by atoms with van der Waals surface area (Å²) in [7, 11) is 0. The Morgan fingerprint density at radius 3 is 2.25 bits per heavy atom. The number of rotatable bonds is 3. The number of hydrogen-bond acceptors (Lipinski definition) is 6. The molecule has 0 aromatic rings. The molecule has 96 valence electrons. The molecule has 1 saturated heterocycles. The monoisotopic (exact) mass is 271 g/mol. The molecule has 0 aromatic heterocycles. The summed E-state index contributed by atoms with van der Waals surface area (Å²) in [6.07, 6.45) is -2.65. The highest BCUT2D eigenvalue weighted by Gasteiger charge is 2.46. The number of thioether (sulfide) groups is 1. The first-order valence-electron chi connectivity index (χ1n) is 5.02. The lowest BCUT2D eigenvalue weighted by molar-refractivity contribution is -0.202. The summed E-state index contributed by atoms with van der Waals surface area (Å²) >= 11 is 7.09. The third-order valence-corrected chi connectivity index (χ3v) is 3.89. The van der Waals surface area contributed by atoms with Crippen LogP contribution in [0.1, 0.15) is 6.92 Å². The minimum atomic E-state index is -1.27. The van der Waals surface area contributed by atoms with E-state index in [0.29, 0.717) is 0 Å². The van der Waals surface area contributed by atoms with Crippen molar-refractivity contribution in [2.75, 3.05) is 6.26 Å². The second kappa shape index (κ2) is 5.86. The van der Waals surface area contributed by atoms with E-state index < -0.39 is 41.3 Å². The summed E-state index contributed by atoms with van der Waals surface area (Å²) in [5, 5.41) is 28.6. The van der Waals surface area contributed by atoms with Crippen molar-refractivity contribution in [2.45, 2.75) is 48.2 Å². The highest BCUT2D eigenvalue weighted by molar-refractivity contribution is 7.99. The van der Waals surface area contributed by atoms with Crippen LogP contribution in [-0.4, -0.2) is 62.8 Å². The molecule has 1 heterocycles. The molecule has 0 amide bonds. The zero-order valence-corrected chi connectivity index (χ0v) is 10.7. The highest BCUT2D eigenvalue weighted by atomic mass is 35.5. The average Bonchev–Trinajstić information content (AvgIpc) is 2.25. The van der Waals surface area contributed by atoms with Crippen molar-refractivity contribution in [2.24, 2.45) is 5.73 Å². The van der Waals surface area contributed by atoms with E-state index in [-0.39, 0.29) is 0 Å². The minimum Gasteiger partial charge on any atom is -0.388 e. The lowest BCUT2D eigenvalue weighted by atomic mass is 9.94. The molecule has 0 aromatic carbocycles. The van der Waals surface area contributed by atoms with Gasteiger partial charge in [-0.15, -0.1) is 23.4 Å². The largest absolute Gasteiger partial charge is 0.388 e. The summed E-state index contributed by atoms with van der Waals surface area (Å²) in [5.41, 5.74) is 5.18. The third-order valence-electron chi connectivity index (χ3n) is 2.75. The number of aliphatic hydroxyl groups excluding tert-OH is 3. The SMILES string of the molecule is CS[C@H]1O[C@H](C(N)[C@H](C)Cl)[C@H](O)[C@H](O)[C@H]1O. The summed E-state index contributed by atoms with van der Waals surface area (Å²) < 4.78 is 5.45. The zero-order valence-electron chi connectivity index (χ0n) is 9.15. The molecule has 16 heavy (non-hydrogen) atoms. The van der Waals surface area contributed by atoms with Crippen LogP contribution in [0.5, 0.6) is 0 Å². The van der Waals surface area contributed by atoms with Crippen molar-refractivity contribution in [1.82, 2.24) is 0 Å². The zero-order chi connectivity index (χ0) is 12.5. The molecular formula is C9H18ClNO4S.